The second kappa shape index (κ2) is 10.7. The van der Waals surface area contributed by atoms with E-state index in [-0.39, 0.29) is 17.2 Å². The highest BCUT2D eigenvalue weighted by molar-refractivity contribution is 5.95. The van der Waals surface area contributed by atoms with Gasteiger partial charge in [-0.25, -0.2) is 0 Å². The molecule has 33 heavy (non-hydrogen) atoms. The molecule has 1 saturated heterocycles. The Hall–Kier alpha value is -3.71. The highest BCUT2D eigenvalue weighted by Gasteiger charge is 2.23. The van der Waals surface area contributed by atoms with Gasteiger partial charge in [0.1, 0.15) is 5.69 Å². The molecule has 1 heterocycles. The summed E-state index contributed by atoms with van der Waals surface area (Å²) in [6.07, 6.45) is 2.04. The number of carbonyl (C=O) groups is 1. The van der Waals surface area contributed by atoms with Gasteiger partial charge in [-0.15, -0.1) is 0 Å². The van der Waals surface area contributed by atoms with Crippen molar-refractivity contribution in [3.8, 4) is 0 Å². The Labute approximate surface area is 193 Å². The summed E-state index contributed by atoms with van der Waals surface area (Å²) >= 11 is 0. The molecule has 7 nitrogen and oxygen atoms in total. The first-order valence-corrected chi connectivity index (χ1v) is 11.1. The normalized spacial score (nSPS) is 13.2. The lowest BCUT2D eigenvalue weighted by Gasteiger charge is -2.18. The van der Waals surface area contributed by atoms with E-state index in [1.54, 1.807) is 12.1 Å². The van der Waals surface area contributed by atoms with Crippen molar-refractivity contribution in [2.45, 2.75) is 32.6 Å². The van der Waals surface area contributed by atoms with E-state index in [9.17, 15) is 14.9 Å². The zero-order valence-electron chi connectivity index (χ0n) is 18.4. The molecule has 170 valence electrons. The van der Waals surface area contributed by atoms with Gasteiger partial charge in [0.2, 0.25) is 0 Å². The number of hydrogen-bond acceptors (Lipinski definition) is 5. The van der Waals surface area contributed by atoms with Crippen LogP contribution in [0.5, 0.6) is 0 Å². The van der Waals surface area contributed by atoms with Gasteiger partial charge in [-0.3, -0.25) is 14.9 Å². The van der Waals surface area contributed by atoms with Crippen molar-refractivity contribution in [1.82, 2.24) is 5.32 Å². The van der Waals surface area contributed by atoms with Gasteiger partial charge >= 0.3 is 0 Å². The third-order valence-corrected chi connectivity index (χ3v) is 5.81. The number of amides is 1. The summed E-state index contributed by atoms with van der Waals surface area (Å²) in [7, 11) is 0. The van der Waals surface area contributed by atoms with Crippen molar-refractivity contribution in [2.24, 2.45) is 0 Å². The summed E-state index contributed by atoms with van der Waals surface area (Å²) in [4.78, 5) is 26.0. The first kappa shape index (κ1) is 22.5. The quantitative estimate of drug-likeness (QED) is 0.376. The number of ether oxygens (including phenoxy) is 1. The molecule has 1 fully saturated rings. The van der Waals surface area contributed by atoms with Crippen molar-refractivity contribution in [2.75, 3.05) is 18.0 Å². The van der Waals surface area contributed by atoms with Crippen LogP contribution in [0.3, 0.4) is 0 Å². The molecule has 0 aromatic heterocycles. The zero-order chi connectivity index (χ0) is 23.0. The van der Waals surface area contributed by atoms with E-state index in [0.717, 1.165) is 42.6 Å². The van der Waals surface area contributed by atoms with Crippen LogP contribution in [0.2, 0.25) is 0 Å². The lowest BCUT2D eigenvalue weighted by Crippen LogP contribution is -2.24. The van der Waals surface area contributed by atoms with E-state index in [2.05, 4.69) is 5.32 Å². The number of benzene rings is 3. The second-order valence-corrected chi connectivity index (χ2v) is 8.08. The van der Waals surface area contributed by atoms with E-state index in [0.29, 0.717) is 25.4 Å². The summed E-state index contributed by atoms with van der Waals surface area (Å²) < 4.78 is 5.85. The molecule has 0 atom stereocenters. The number of nitrogens with zero attached hydrogens (tertiary/aromatic N) is 2. The van der Waals surface area contributed by atoms with E-state index in [1.165, 1.54) is 6.07 Å². The Balaban J connectivity index is 1.39. The smallest absolute Gasteiger partial charge is 0.293 e. The fourth-order valence-electron chi connectivity index (χ4n) is 4.04. The standard InChI is InChI=1S/C26H27N3O4/c30-26(21-12-13-24(25(16-21)29(31)32)28-14-6-7-15-28)27-17-22-10-4-5-11-23(22)19-33-18-20-8-2-1-3-9-20/h1-5,8-13,16H,6-7,14-15,17-19H2,(H,27,30). The maximum Gasteiger partial charge on any atom is 0.293 e. The second-order valence-electron chi connectivity index (χ2n) is 8.08. The molecule has 1 aliphatic heterocycles. The van der Waals surface area contributed by atoms with E-state index in [1.807, 2.05) is 59.5 Å². The Kier molecular flexibility index (Phi) is 7.32. The van der Waals surface area contributed by atoms with Crippen LogP contribution in [0, 0.1) is 10.1 Å². The molecular weight excluding hydrogens is 418 g/mol. The molecule has 0 unspecified atom stereocenters. The third-order valence-electron chi connectivity index (χ3n) is 5.81. The summed E-state index contributed by atoms with van der Waals surface area (Å²) in [6, 6.07) is 22.4. The predicted octanol–water partition coefficient (Wildman–Crippen LogP) is 4.84. The fourth-order valence-corrected chi connectivity index (χ4v) is 4.04. The van der Waals surface area contributed by atoms with Gasteiger partial charge in [0.25, 0.3) is 11.6 Å². The first-order valence-electron chi connectivity index (χ1n) is 11.1. The topological polar surface area (TPSA) is 84.7 Å². The molecule has 4 rings (SSSR count). The maximum absolute atomic E-state index is 12.8. The van der Waals surface area contributed by atoms with Gasteiger partial charge in [0, 0.05) is 31.3 Å². The van der Waals surface area contributed by atoms with Gasteiger partial charge < -0.3 is 15.0 Å². The van der Waals surface area contributed by atoms with Crippen molar-refractivity contribution >= 4 is 17.3 Å². The summed E-state index contributed by atoms with van der Waals surface area (Å²) in [6.45, 7) is 2.85. The highest BCUT2D eigenvalue weighted by atomic mass is 16.6. The molecule has 0 radical (unpaired) electrons. The number of nitro benzene ring substituents is 1. The Bertz CT molecular complexity index is 1110. The summed E-state index contributed by atoms with van der Waals surface area (Å²) in [5, 5.41) is 14.5. The molecule has 3 aromatic carbocycles. The van der Waals surface area contributed by atoms with Crippen LogP contribution in [0.4, 0.5) is 11.4 Å². The van der Waals surface area contributed by atoms with Gasteiger partial charge in [-0.05, 0) is 41.7 Å². The van der Waals surface area contributed by atoms with Crippen molar-refractivity contribution in [1.29, 1.82) is 0 Å². The van der Waals surface area contributed by atoms with Gasteiger partial charge in [0.05, 0.1) is 18.1 Å². The van der Waals surface area contributed by atoms with Crippen molar-refractivity contribution in [3.63, 3.8) is 0 Å². The van der Waals surface area contributed by atoms with Gasteiger partial charge in [0.15, 0.2) is 0 Å². The van der Waals surface area contributed by atoms with Crippen LogP contribution in [0.15, 0.2) is 72.8 Å². The number of nitro groups is 1. The average molecular weight is 446 g/mol. The van der Waals surface area contributed by atoms with Crippen LogP contribution in [-0.4, -0.2) is 23.9 Å². The van der Waals surface area contributed by atoms with Crippen LogP contribution in [0.25, 0.3) is 0 Å². The maximum atomic E-state index is 12.8. The number of rotatable bonds is 9. The molecule has 1 aliphatic rings. The molecule has 1 amide bonds. The Morgan fingerprint density at radius 1 is 0.939 bits per heavy atom. The minimum Gasteiger partial charge on any atom is -0.372 e. The summed E-state index contributed by atoms with van der Waals surface area (Å²) in [5.41, 5.74) is 3.87. The van der Waals surface area contributed by atoms with Crippen LogP contribution in [0.1, 0.15) is 39.9 Å². The van der Waals surface area contributed by atoms with Crippen molar-refractivity contribution < 1.29 is 14.5 Å². The fraction of sp³-hybridized carbons (Fsp3) is 0.269. The SMILES string of the molecule is O=C(NCc1ccccc1COCc1ccccc1)c1ccc(N2CCCC2)c([N+](=O)[O-])c1. The molecule has 1 N–H and O–H groups in total. The molecule has 0 bridgehead atoms. The molecule has 0 spiro atoms. The minimum absolute atomic E-state index is 0.0285. The predicted molar refractivity (Wildman–Crippen MR) is 127 cm³/mol. The first-order chi connectivity index (χ1) is 16.1. The third kappa shape index (κ3) is 5.75. The number of hydrogen-bond donors (Lipinski definition) is 1. The van der Waals surface area contributed by atoms with Crippen LogP contribution in [-0.2, 0) is 24.5 Å². The van der Waals surface area contributed by atoms with Gasteiger partial charge in [-0.1, -0.05) is 54.6 Å². The van der Waals surface area contributed by atoms with E-state index >= 15 is 0 Å². The number of carbonyl (C=O) groups excluding carboxylic acids is 1. The zero-order valence-corrected chi connectivity index (χ0v) is 18.4. The lowest BCUT2D eigenvalue weighted by atomic mass is 10.1. The molecule has 0 saturated carbocycles. The Morgan fingerprint density at radius 3 is 2.36 bits per heavy atom. The molecule has 0 aliphatic carbocycles. The Morgan fingerprint density at radius 2 is 1.64 bits per heavy atom. The summed E-state index contributed by atoms with van der Waals surface area (Å²) in [5.74, 6) is -0.342. The number of nitrogens with one attached hydrogen (secondary N) is 1. The number of anilines is 1. The lowest BCUT2D eigenvalue weighted by molar-refractivity contribution is -0.384. The van der Waals surface area contributed by atoms with Gasteiger partial charge in [-0.2, -0.15) is 0 Å². The van der Waals surface area contributed by atoms with E-state index < -0.39 is 4.92 Å². The monoisotopic (exact) mass is 445 g/mol. The average Bonchev–Trinajstić information content (AvgIpc) is 3.38. The van der Waals surface area contributed by atoms with Crippen LogP contribution < -0.4 is 10.2 Å². The largest absolute Gasteiger partial charge is 0.372 e. The van der Waals surface area contributed by atoms with Crippen molar-refractivity contribution in [3.05, 3.63) is 105 Å². The van der Waals surface area contributed by atoms with E-state index in [4.69, 9.17) is 4.74 Å². The highest BCUT2D eigenvalue weighted by Crippen LogP contribution is 2.31. The molecular formula is C26H27N3O4. The van der Waals surface area contributed by atoms with Crippen LogP contribution >= 0.6 is 0 Å². The minimum atomic E-state index is -0.413. The molecule has 7 heteroatoms. The molecule has 3 aromatic rings.